The number of nitrogens with zero attached hydrogens (tertiary/aromatic N) is 1. The van der Waals surface area contributed by atoms with Crippen LogP contribution in [0.1, 0.15) is 18.9 Å². The van der Waals surface area contributed by atoms with Gasteiger partial charge in [-0.15, -0.1) is 0 Å². The summed E-state index contributed by atoms with van der Waals surface area (Å²) in [6, 6.07) is 4.71. The fourth-order valence-electron chi connectivity index (χ4n) is 1.44. The number of rotatable bonds is 6. The molecule has 0 radical (unpaired) electrons. The van der Waals surface area contributed by atoms with E-state index >= 15 is 0 Å². The molecule has 0 bridgehead atoms. The van der Waals surface area contributed by atoms with Crippen LogP contribution in [0.15, 0.2) is 30.3 Å². The molecular formula is C13H14N2O5. The summed E-state index contributed by atoms with van der Waals surface area (Å²) in [5.74, 6) is -1.62. The maximum Gasteiger partial charge on any atom is 0.326 e. The first-order valence-electron chi connectivity index (χ1n) is 5.90. The Bertz CT molecular complexity index is 536. The molecule has 0 fully saturated rings. The number of carboxylic acid groups (broad SMARTS) is 1. The van der Waals surface area contributed by atoms with Crippen LogP contribution >= 0.6 is 0 Å². The Labute approximate surface area is 115 Å². The summed E-state index contributed by atoms with van der Waals surface area (Å²) < 4.78 is 0. The van der Waals surface area contributed by atoms with Gasteiger partial charge in [-0.3, -0.25) is 14.9 Å². The first-order chi connectivity index (χ1) is 9.43. The van der Waals surface area contributed by atoms with Crippen molar-refractivity contribution in [3.63, 3.8) is 0 Å². The van der Waals surface area contributed by atoms with Gasteiger partial charge in [0.25, 0.3) is 5.69 Å². The van der Waals surface area contributed by atoms with Gasteiger partial charge in [0, 0.05) is 18.2 Å². The molecule has 2 N–H and O–H groups in total. The Morgan fingerprint density at radius 2 is 2.00 bits per heavy atom. The molecule has 106 valence electrons. The molecule has 7 heteroatoms. The van der Waals surface area contributed by atoms with Crippen molar-refractivity contribution >= 4 is 23.6 Å². The highest BCUT2D eigenvalue weighted by atomic mass is 16.6. The minimum absolute atomic E-state index is 0.0384. The van der Waals surface area contributed by atoms with E-state index in [1.807, 2.05) is 0 Å². The number of carbonyl (C=O) groups is 2. The van der Waals surface area contributed by atoms with Gasteiger partial charge < -0.3 is 10.4 Å². The zero-order chi connectivity index (χ0) is 15.1. The Hall–Kier alpha value is -2.70. The zero-order valence-electron chi connectivity index (χ0n) is 10.8. The van der Waals surface area contributed by atoms with E-state index in [1.165, 1.54) is 36.4 Å². The predicted molar refractivity (Wildman–Crippen MR) is 72.0 cm³/mol. The van der Waals surface area contributed by atoms with Gasteiger partial charge in [0.15, 0.2) is 0 Å². The standard InChI is InChI=1S/C13H14N2O5/c1-2-11(13(17)18)14-12(16)8-5-9-3-6-10(7-4-9)15(19)20/h3-8,11H,2H2,1H3,(H,14,16)(H,17,18)/b8-5+. The van der Waals surface area contributed by atoms with Crippen LogP contribution in [0.25, 0.3) is 6.08 Å². The summed E-state index contributed by atoms with van der Waals surface area (Å²) in [4.78, 5) is 32.2. The highest BCUT2D eigenvalue weighted by Crippen LogP contribution is 2.12. The summed E-state index contributed by atoms with van der Waals surface area (Å²) in [5, 5.41) is 21.6. The van der Waals surface area contributed by atoms with Crippen LogP contribution in [0, 0.1) is 10.1 Å². The first-order valence-corrected chi connectivity index (χ1v) is 5.90. The minimum atomic E-state index is -1.09. The maximum absolute atomic E-state index is 11.5. The first kappa shape index (κ1) is 15.4. The SMILES string of the molecule is CCC(NC(=O)/C=C/c1ccc([N+](=O)[O-])cc1)C(=O)O. The van der Waals surface area contributed by atoms with Gasteiger partial charge in [-0.05, 0) is 30.2 Å². The number of carboxylic acids is 1. The van der Waals surface area contributed by atoms with Crippen molar-refractivity contribution in [1.82, 2.24) is 5.32 Å². The lowest BCUT2D eigenvalue weighted by Crippen LogP contribution is -2.39. The molecule has 0 saturated heterocycles. The van der Waals surface area contributed by atoms with E-state index in [2.05, 4.69) is 5.32 Å². The van der Waals surface area contributed by atoms with Crippen LogP contribution in [0.5, 0.6) is 0 Å². The number of nitrogens with one attached hydrogen (secondary N) is 1. The summed E-state index contributed by atoms with van der Waals surface area (Å²) >= 11 is 0. The number of hydrogen-bond donors (Lipinski definition) is 2. The molecule has 1 aromatic rings. The second kappa shape index (κ2) is 7.03. The molecule has 1 atom stereocenters. The average Bonchev–Trinajstić information content (AvgIpc) is 2.42. The molecule has 1 amide bonds. The Kier molecular flexibility index (Phi) is 5.40. The molecule has 1 unspecified atom stereocenters. The lowest BCUT2D eigenvalue weighted by atomic mass is 10.2. The molecule has 20 heavy (non-hydrogen) atoms. The summed E-state index contributed by atoms with van der Waals surface area (Å²) in [7, 11) is 0. The zero-order valence-corrected chi connectivity index (χ0v) is 10.8. The number of non-ortho nitro benzene ring substituents is 1. The Balaban J connectivity index is 2.65. The third-order valence-corrected chi connectivity index (χ3v) is 2.55. The normalized spacial score (nSPS) is 12.1. The van der Waals surface area contributed by atoms with Crippen molar-refractivity contribution in [2.45, 2.75) is 19.4 Å². The largest absolute Gasteiger partial charge is 0.480 e. The Morgan fingerprint density at radius 3 is 2.45 bits per heavy atom. The molecule has 0 aliphatic rings. The second-order valence-corrected chi connectivity index (χ2v) is 3.99. The highest BCUT2D eigenvalue weighted by Gasteiger charge is 2.15. The average molecular weight is 278 g/mol. The lowest BCUT2D eigenvalue weighted by molar-refractivity contribution is -0.384. The monoisotopic (exact) mass is 278 g/mol. The van der Waals surface area contributed by atoms with Crippen molar-refractivity contribution in [3.8, 4) is 0 Å². The van der Waals surface area contributed by atoms with E-state index in [4.69, 9.17) is 5.11 Å². The van der Waals surface area contributed by atoms with Crippen LogP contribution in [-0.4, -0.2) is 27.9 Å². The molecule has 7 nitrogen and oxygen atoms in total. The van der Waals surface area contributed by atoms with E-state index < -0.39 is 22.8 Å². The topological polar surface area (TPSA) is 110 Å². The number of carbonyl (C=O) groups excluding carboxylic acids is 1. The van der Waals surface area contributed by atoms with Crippen LogP contribution in [0.3, 0.4) is 0 Å². The van der Waals surface area contributed by atoms with Crippen LogP contribution in [0.4, 0.5) is 5.69 Å². The number of aliphatic carboxylic acids is 1. The van der Waals surface area contributed by atoms with Gasteiger partial charge in [-0.25, -0.2) is 4.79 Å². The second-order valence-electron chi connectivity index (χ2n) is 3.99. The minimum Gasteiger partial charge on any atom is -0.480 e. The van der Waals surface area contributed by atoms with Crippen molar-refractivity contribution in [2.24, 2.45) is 0 Å². The van der Waals surface area contributed by atoms with E-state index in [9.17, 15) is 19.7 Å². The molecule has 0 saturated carbocycles. The Morgan fingerprint density at radius 1 is 1.40 bits per heavy atom. The fourth-order valence-corrected chi connectivity index (χ4v) is 1.44. The molecule has 0 aromatic heterocycles. The number of amides is 1. The molecular weight excluding hydrogens is 264 g/mol. The van der Waals surface area contributed by atoms with Gasteiger partial charge in [-0.2, -0.15) is 0 Å². The van der Waals surface area contributed by atoms with Crippen LogP contribution < -0.4 is 5.32 Å². The number of nitro benzene ring substituents is 1. The summed E-state index contributed by atoms with van der Waals surface area (Å²) in [6.45, 7) is 1.65. The van der Waals surface area contributed by atoms with E-state index in [0.717, 1.165) is 0 Å². The smallest absolute Gasteiger partial charge is 0.326 e. The van der Waals surface area contributed by atoms with Crippen molar-refractivity contribution in [2.75, 3.05) is 0 Å². The van der Waals surface area contributed by atoms with Gasteiger partial charge in [0.1, 0.15) is 6.04 Å². The van der Waals surface area contributed by atoms with Crippen molar-refractivity contribution < 1.29 is 19.6 Å². The van der Waals surface area contributed by atoms with Crippen molar-refractivity contribution in [3.05, 3.63) is 46.0 Å². The van der Waals surface area contributed by atoms with Crippen LogP contribution in [-0.2, 0) is 9.59 Å². The molecule has 0 spiro atoms. The fraction of sp³-hybridized carbons (Fsp3) is 0.231. The van der Waals surface area contributed by atoms with Gasteiger partial charge in [-0.1, -0.05) is 6.92 Å². The molecule has 0 heterocycles. The van der Waals surface area contributed by atoms with Crippen molar-refractivity contribution in [1.29, 1.82) is 0 Å². The number of nitro groups is 1. The van der Waals surface area contributed by atoms with Gasteiger partial charge in [0.2, 0.25) is 5.91 Å². The molecule has 1 rings (SSSR count). The summed E-state index contributed by atoms with van der Waals surface area (Å²) in [6.07, 6.45) is 2.92. The van der Waals surface area contributed by atoms with E-state index in [-0.39, 0.29) is 12.1 Å². The van der Waals surface area contributed by atoms with E-state index in [1.54, 1.807) is 6.92 Å². The third kappa shape index (κ3) is 4.52. The number of benzene rings is 1. The number of hydrogen-bond acceptors (Lipinski definition) is 4. The predicted octanol–water partition coefficient (Wildman–Crippen LogP) is 1.59. The third-order valence-electron chi connectivity index (χ3n) is 2.55. The summed E-state index contributed by atoms with van der Waals surface area (Å²) in [5.41, 5.74) is 0.567. The van der Waals surface area contributed by atoms with Gasteiger partial charge in [0.05, 0.1) is 4.92 Å². The quantitative estimate of drug-likeness (QED) is 0.466. The van der Waals surface area contributed by atoms with Gasteiger partial charge >= 0.3 is 5.97 Å². The lowest BCUT2D eigenvalue weighted by Gasteiger charge is -2.09. The molecule has 0 aliphatic heterocycles. The van der Waals surface area contributed by atoms with Crippen LogP contribution in [0.2, 0.25) is 0 Å². The highest BCUT2D eigenvalue weighted by molar-refractivity contribution is 5.94. The molecule has 0 aliphatic carbocycles. The maximum atomic E-state index is 11.5. The molecule has 1 aromatic carbocycles. The van der Waals surface area contributed by atoms with E-state index in [0.29, 0.717) is 5.56 Å².